The number of unbranched alkanes of at least 4 members (excludes halogenated alkanes) is 27. The fourth-order valence-corrected chi connectivity index (χ4v) is 6.53. The van der Waals surface area contributed by atoms with E-state index >= 15 is 0 Å². The second-order valence-corrected chi connectivity index (χ2v) is 13.8. The van der Waals surface area contributed by atoms with Crippen LogP contribution in [0.25, 0.3) is 0 Å². The molecular weight excluding hydrogens is 576 g/mol. The van der Waals surface area contributed by atoms with Crippen molar-refractivity contribution in [2.45, 2.75) is 213 Å². The predicted molar refractivity (Wildman–Crippen MR) is 188 cm³/mol. The Kier molecular flexibility index (Phi) is 26.7. The first-order valence-corrected chi connectivity index (χ1v) is 19.7. The van der Waals surface area contributed by atoms with Crippen LogP contribution in [0.15, 0.2) is 12.2 Å². The van der Waals surface area contributed by atoms with E-state index in [2.05, 4.69) is 13.8 Å². The predicted octanol–water partition coefficient (Wildman–Crippen LogP) is 11.8. The molecule has 0 unspecified atom stereocenters. The van der Waals surface area contributed by atoms with Crippen LogP contribution in [0.1, 0.15) is 213 Å². The lowest BCUT2D eigenvalue weighted by molar-refractivity contribution is -0.264. The summed E-state index contributed by atoms with van der Waals surface area (Å²) in [7, 11) is 0. The molecule has 46 heavy (non-hydrogen) atoms. The normalized spacial score (nSPS) is 13.9. The molecule has 0 atom stereocenters. The van der Waals surface area contributed by atoms with E-state index in [-0.39, 0.29) is 12.8 Å². The van der Waals surface area contributed by atoms with Crippen LogP contribution in [0.4, 0.5) is 0 Å². The number of carbonyl (C=O) groups excluding carboxylic acids is 4. The maximum Gasteiger partial charge on any atom is 0.377 e. The second-order valence-electron chi connectivity index (χ2n) is 13.8. The zero-order valence-electron chi connectivity index (χ0n) is 30.0. The molecule has 0 aromatic carbocycles. The first-order valence-electron chi connectivity index (χ1n) is 19.7. The van der Waals surface area contributed by atoms with E-state index in [0.717, 1.165) is 44.3 Å². The van der Waals surface area contributed by atoms with E-state index < -0.39 is 28.9 Å². The van der Waals surface area contributed by atoms with Crippen molar-refractivity contribution in [3.8, 4) is 0 Å². The van der Waals surface area contributed by atoms with E-state index in [1.54, 1.807) is 0 Å². The summed E-state index contributed by atoms with van der Waals surface area (Å²) in [6.07, 6.45) is 37.7. The van der Waals surface area contributed by atoms with Gasteiger partial charge in [0.05, 0.1) is 6.42 Å². The summed E-state index contributed by atoms with van der Waals surface area (Å²) in [6, 6.07) is 0. The van der Waals surface area contributed by atoms with Crippen LogP contribution >= 0.6 is 0 Å². The molecular formula is C40H70O6. The Morgan fingerprint density at radius 1 is 0.457 bits per heavy atom. The SMILES string of the molecule is CCCCCCCCCCCCCCCCCC(=O)OOC(=O)C1(CCCCCCCCCCCCCCCC)C(=O)C=CC1=O. The highest BCUT2D eigenvalue weighted by molar-refractivity contribution is 6.33. The minimum Gasteiger partial charge on any atom is -0.293 e. The molecule has 0 radical (unpaired) electrons. The Morgan fingerprint density at radius 2 is 0.761 bits per heavy atom. The lowest BCUT2D eigenvalue weighted by Crippen LogP contribution is -2.43. The summed E-state index contributed by atoms with van der Waals surface area (Å²) in [5.41, 5.74) is -1.90. The minimum atomic E-state index is -1.90. The Labute approximate surface area is 282 Å². The molecule has 0 saturated heterocycles. The fourth-order valence-electron chi connectivity index (χ4n) is 6.53. The van der Waals surface area contributed by atoms with E-state index in [0.29, 0.717) is 12.8 Å². The van der Waals surface area contributed by atoms with Gasteiger partial charge < -0.3 is 0 Å². The molecule has 1 rings (SSSR count). The van der Waals surface area contributed by atoms with Crippen LogP contribution < -0.4 is 0 Å². The number of allylic oxidation sites excluding steroid dienone is 2. The summed E-state index contributed by atoms with van der Waals surface area (Å²) < 4.78 is 0. The Hall–Kier alpha value is -1.98. The maximum atomic E-state index is 12.9. The summed E-state index contributed by atoms with van der Waals surface area (Å²) in [5, 5.41) is 0. The molecule has 0 aromatic rings. The van der Waals surface area contributed by atoms with Crippen LogP contribution in [-0.2, 0) is 29.0 Å². The Bertz CT molecular complexity index is 814. The highest BCUT2D eigenvalue weighted by Gasteiger charge is 2.55. The van der Waals surface area contributed by atoms with Gasteiger partial charge in [-0.25, -0.2) is 19.4 Å². The largest absolute Gasteiger partial charge is 0.377 e. The molecule has 0 heterocycles. The third kappa shape index (κ3) is 19.6. The van der Waals surface area contributed by atoms with Crippen molar-refractivity contribution in [1.82, 2.24) is 0 Å². The van der Waals surface area contributed by atoms with E-state index in [1.807, 2.05) is 0 Å². The van der Waals surface area contributed by atoms with Gasteiger partial charge in [-0.2, -0.15) is 0 Å². The molecule has 0 saturated carbocycles. The molecule has 6 heteroatoms. The molecule has 1 aliphatic carbocycles. The maximum absolute atomic E-state index is 12.9. The number of ketones is 2. The number of carbonyl (C=O) groups is 4. The monoisotopic (exact) mass is 647 g/mol. The first kappa shape index (κ1) is 42.0. The third-order valence-electron chi connectivity index (χ3n) is 9.68. The number of rotatable bonds is 32. The lowest BCUT2D eigenvalue weighted by Gasteiger charge is -2.22. The van der Waals surface area contributed by atoms with Crippen molar-refractivity contribution in [3.05, 3.63) is 12.2 Å². The molecule has 0 spiro atoms. The zero-order chi connectivity index (χ0) is 33.6. The van der Waals surface area contributed by atoms with Gasteiger partial charge in [0.25, 0.3) is 0 Å². The van der Waals surface area contributed by atoms with Crippen LogP contribution in [0.2, 0.25) is 0 Å². The molecule has 0 aromatic heterocycles. The second kappa shape index (κ2) is 29.2. The van der Waals surface area contributed by atoms with Gasteiger partial charge in [0.15, 0.2) is 17.0 Å². The van der Waals surface area contributed by atoms with Crippen molar-refractivity contribution in [2.75, 3.05) is 0 Å². The highest BCUT2D eigenvalue weighted by atomic mass is 17.2. The first-order chi connectivity index (χ1) is 22.5. The van der Waals surface area contributed by atoms with Crippen molar-refractivity contribution in [1.29, 1.82) is 0 Å². The van der Waals surface area contributed by atoms with Crippen molar-refractivity contribution >= 4 is 23.5 Å². The summed E-state index contributed by atoms with van der Waals surface area (Å²) >= 11 is 0. The lowest BCUT2D eigenvalue weighted by atomic mass is 9.78. The smallest absolute Gasteiger partial charge is 0.293 e. The zero-order valence-corrected chi connectivity index (χ0v) is 30.0. The minimum absolute atomic E-state index is 0.0884. The highest BCUT2D eigenvalue weighted by Crippen LogP contribution is 2.35. The molecule has 1 aliphatic rings. The number of hydrogen-bond acceptors (Lipinski definition) is 6. The van der Waals surface area contributed by atoms with Crippen LogP contribution in [0.5, 0.6) is 0 Å². The van der Waals surface area contributed by atoms with Crippen molar-refractivity contribution < 1.29 is 29.0 Å². The van der Waals surface area contributed by atoms with Crippen molar-refractivity contribution in [2.24, 2.45) is 5.41 Å². The number of hydrogen-bond donors (Lipinski definition) is 0. The van der Waals surface area contributed by atoms with E-state index in [4.69, 9.17) is 9.78 Å². The van der Waals surface area contributed by atoms with E-state index in [9.17, 15) is 19.2 Å². The average Bonchev–Trinajstić information content (AvgIpc) is 3.34. The van der Waals surface area contributed by atoms with Gasteiger partial charge in [0, 0.05) is 0 Å². The van der Waals surface area contributed by atoms with Gasteiger partial charge in [0.2, 0.25) is 0 Å². The molecule has 6 nitrogen and oxygen atoms in total. The van der Waals surface area contributed by atoms with Gasteiger partial charge in [-0.1, -0.05) is 194 Å². The van der Waals surface area contributed by atoms with Gasteiger partial charge in [-0.05, 0) is 25.0 Å². The third-order valence-corrected chi connectivity index (χ3v) is 9.68. The Morgan fingerprint density at radius 3 is 1.11 bits per heavy atom. The van der Waals surface area contributed by atoms with Crippen LogP contribution in [0.3, 0.4) is 0 Å². The quantitative estimate of drug-likeness (QED) is 0.0313. The van der Waals surface area contributed by atoms with Gasteiger partial charge >= 0.3 is 11.9 Å². The van der Waals surface area contributed by atoms with E-state index in [1.165, 1.54) is 141 Å². The molecule has 0 fully saturated rings. The van der Waals surface area contributed by atoms with Crippen LogP contribution in [0, 0.1) is 5.41 Å². The van der Waals surface area contributed by atoms with Gasteiger partial charge in [-0.3, -0.25) is 9.59 Å². The standard InChI is InChI=1S/C40H70O6/c1-3-5-7-9-11-13-15-17-19-20-22-24-26-28-30-32-38(43)45-46-39(44)40(36(41)33-34-37(40)42)35-31-29-27-25-23-21-18-16-14-12-10-8-6-4-2/h33-34H,3-32,35H2,1-2H3. The summed E-state index contributed by atoms with van der Waals surface area (Å²) in [5.74, 6) is -2.85. The van der Waals surface area contributed by atoms with Crippen molar-refractivity contribution in [3.63, 3.8) is 0 Å². The summed E-state index contributed by atoms with van der Waals surface area (Å²) in [4.78, 5) is 59.9. The molecule has 0 bridgehead atoms. The topological polar surface area (TPSA) is 86.7 Å². The van der Waals surface area contributed by atoms with Gasteiger partial charge in [-0.15, -0.1) is 0 Å². The average molecular weight is 647 g/mol. The van der Waals surface area contributed by atoms with Crippen LogP contribution in [-0.4, -0.2) is 23.5 Å². The molecule has 266 valence electrons. The molecule has 0 aliphatic heterocycles. The van der Waals surface area contributed by atoms with Gasteiger partial charge in [0.1, 0.15) is 0 Å². The Balaban J connectivity index is 2.11. The molecule has 0 N–H and O–H groups in total. The summed E-state index contributed by atoms with van der Waals surface area (Å²) in [6.45, 7) is 4.51. The molecule has 0 amide bonds. The fraction of sp³-hybridized carbons (Fsp3) is 0.850.